The van der Waals surface area contributed by atoms with Crippen molar-refractivity contribution in [3.8, 4) is 0 Å². The predicted octanol–water partition coefficient (Wildman–Crippen LogP) is 3.91. The van der Waals surface area contributed by atoms with Crippen LogP contribution in [0.1, 0.15) is 41.6 Å². The van der Waals surface area contributed by atoms with Crippen molar-refractivity contribution in [1.29, 1.82) is 0 Å². The Morgan fingerprint density at radius 2 is 1.32 bits per heavy atom. The van der Waals surface area contributed by atoms with Crippen LogP contribution in [0.4, 0.5) is 0 Å². The molecule has 0 N–H and O–H groups in total. The van der Waals surface area contributed by atoms with Crippen LogP contribution >= 0.6 is 0 Å². The summed E-state index contributed by atoms with van der Waals surface area (Å²) >= 11 is 0. The molecule has 3 nitrogen and oxygen atoms in total. The Morgan fingerprint density at radius 3 is 1.92 bits per heavy atom. The van der Waals surface area contributed by atoms with Crippen molar-refractivity contribution in [2.75, 3.05) is 26.2 Å². The molecule has 4 rings (SSSR count). The molecule has 25 heavy (non-hydrogen) atoms. The first kappa shape index (κ1) is 16.3. The number of rotatable bonds is 3. The molecule has 0 aliphatic carbocycles. The van der Waals surface area contributed by atoms with E-state index in [9.17, 15) is 4.79 Å². The van der Waals surface area contributed by atoms with E-state index in [1.54, 1.807) is 0 Å². The average Bonchev–Trinajstić information content (AvgIpc) is 3.24. The maximum atomic E-state index is 12.8. The van der Waals surface area contributed by atoms with E-state index >= 15 is 0 Å². The second-order valence-corrected chi connectivity index (χ2v) is 7.25. The zero-order chi connectivity index (χ0) is 17.1. The fourth-order valence-corrected chi connectivity index (χ4v) is 4.52. The van der Waals surface area contributed by atoms with E-state index in [2.05, 4.69) is 35.2 Å². The summed E-state index contributed by atoms with van der Waals surface area (Å²) in [5.74, 6) is 0.170. The first-order chi connectivity index (χ1) is 12.3. The molecule has 2 saturated heterocycles. The Morgan fingerprint density at radius 1 is 0.760 bits per heavy atom. The average molecular weight is 334 g/mol. The van der Waals surface area contributed by atoms with Crippen LogP contribution < -0.4 is 0 Å². The fourth-order valence-electron chi connectivity index (χ4n) is 4.52. The minimum absolute atomic E-state index is 0.102. The summed E-state index contributed by atoms with van der Waals surface area (Å²) in [5.41, 5.74) is 2.32. The van der Waals surface area contributed by atoms with Gasteiger partial charge < -0.3 is 4.90 Å². The molecule has 2 fully saturated rings. The Balaban J connectivity index is 1.55. The van der Waals surface area contributed by atoms with Gasteiger partial charge in [-0.2, -0.15) is 0 Å². The summed E-state index contributed by atoms with van der Waals surface area (Å²) in [6.07, 6.45) is 4.63. The highest BCUT2D eigenvalue weighted by molar-refractivity contribution is 5.94. The van der Waals surface area contributed by atoms with Crippen molar-refractivity contribution in [2.45, 2.75) is 31.2 Å². The van der Waals surface area contributed by atoms with E-state index in [1.807, 2.05) is 35.2 Å². The zero-order valence-corrected chi connectivity index (χ0v) is 14.7. The molecule has 2 aliphatic rings. The lowest BCUT2D eigenvalue weighted by atomic mass is 9.79. The quantitative estimate of drug-likeness (QED) is 0.849. The Bertz CT molecular complexity index is 699. The normalized spacial score (nSPS) is 20.6. The number of likely N-dealkylation sites (tertiary alicyclic amines) is 2. The number of hydrogen-bond donors (Lipinski definition) is 0. The van der Waals surface area contributed by atoms with Gasteiger partial charge in [0.2, 0.25) is 0 Å². The van der Waals surface area contributed by atoms with Crippen molar-refractivity contribution in [1.82, 2.24) is 9.80 Å². The SMILES string of the molecule is O=C(c1ccccc1)N1CCC(c2ccccc2)(N2CCCC2)CC1. The van der Waals surface area contributed by atoms with Crippen LogP contribution in [0.25, 0.3) is 0 Å². The standard InChI is InChI=1S/C22H26N2O/c25-21(19-9-3-1-4-10-19)23-17-13-22(14-18-23,24-15-7-8-16-24)20-11-5-2-6-12-20/h1-6,9-12H,7-8,13-18H2. The third-order valence-electron chi connectivity index (χ3n) is 5.92. The highest BCUT2D eigenvalue weighted by Gasteiger charge is 2.42. The van der Waals surface area contributed by atoms with Crippen LogP contribution in [0, 0.1) is 0 Å². The zero-order valence-electron chi connectivity index (χ0n) is 14.7. The molecule has 0 bridgehead atoms. The van der Waals surface area contributed by atoms with Crippen molar-refractivity contribution >= 4 is 5.91 Å². The Kier molecular flexibility index (Phi) is 4.58. The number of amides is 1. The monoisotopic (exact) mass is 334 g/mol. The molecule has 2 heterocycles. The number of nitrogens with zero attached hydrogens (tertiary/aromatic N) is 2. The topological polar surface area (TPSA) is 23.6 Å². The number of carbonyl (C=O) groups excluding carboxylic acids is 1. The summed E-state index contributed by atoms with van der Waals surface area (Å²) < 4.78 is 0. The fraction of sp³-hybridized carbons (Fsp3) is 0.409. The lowest BCUT2D eigenvalue weighted by Gasteiger charge is -2.48. The van der Waals surface area contributed by atoms with Crippen LogP contribution in [-0.2, 0) is 5.54 Å². The first-order valence-electron chi connectivity index (χ1n) is 9.44. The summed E-state index contributed by atoms with van der Waals surface area (Å²) in [5, 5.41) is 0. The lowest BCUT2D eigenvalue weighted by Crippen LogP contribution is -2.53. The third kappa shape index (κ3) is 3.09. The van der Waals surface area contributed by atoms with Crippen LogP contribution in [0.5, 0.6) is 0 Å². The number of hydrogen-bond acceptors (Lipinski definition) is 2. The van der Waals surface area contributed by atoms with Gasteiger partial charge in [-0.3, -0.25) is 9.69 Å². The summed E-state index contributed by atoms with van der Waals surface area (Å²) in [6, 6.07) is 20.6. The lowest BCUT2D eigenvalue weighted by molar-refractivity contribution is 0.0294. The van der Waals surface area contributed by atoms with E-state index in [1.165, 1.54) is 31.5 Å². The van der Waals surface area contributed by atoms with Gasteiger partial charge in [-0.1, -0.05) is 48.5 Å². The van der Waals surface area contributed by atoms with Crippen LogP contribution in [-0.4, -0.2) is 41.9 Å². The third-order valence-corrected chi connectivity index (χ3v) is 5.92. The van der Waals surface area contributed by atoms with Gasteiger partial charge in [0.1, 0.15) is 0 Å². The van der Waals surface area contributed by atoms with Crippen LogP contribution in [0.2, 0.25) is 0 Å². The minimum Gasteiger partial charge on any atom is -0.338 e. The molecule has 2 aromatic carbocycles. The molecule has 0 radical (unpaired) electrons. The van der Waals surface area contributed by atoms with E-state index in [-0.39, 0.29) is 11.4 Å². The molecule has 0 atom stereocenters. The summed E-state index contributed by atoms with van der Waals surface area (Å²) in [4.78, 5) is 17.5. The molecular formula is C22H26N2O. The maximum absolute atomic E-state index is 12.8. The molecule has 3 heteroatoms. The first-order valence-corrected chi connectivity index (χ1v) is 9.44. The van der Waals surface area contributed by atoms with E-state index in [4.69, 9.17) is 0 Å². The van der Waals surface area contributed by atoms with Gasteiger partial charge >= 0.3 is 0 Å². The van der Waals surface area contributed by atoms with Gasteiger partial charge in [0, 0.05) is 24.2 Å². The van der Waals surface area contributed by atoms with Gasteiger partial charge in [0.25, 0.3) is 5.91 Å². The maximum Gasteiger partial charge on any atom is 0.253 e. The molecule has 0 unspecified atom stereocenters. The van der Waals surface area contributed by atoms with Crippen molar-refractivity contribution < 1.29 is 4.79 Å². The molecule has 130 valence electrons. The summed E-state index contributed by atoms with van der Waals surface area (Å²) in [6.45, 7) is 4.03. The Labute approximate surface area is 150 Å². The Hall–Kier alpha value is -2.13. The molecule has 1 amide bonds. The highest BCUT2D eigenvalue weighted by Crippen LogP contribution is 2.41. The molecule has 0 saturated carbocycles. The van der Waals surface area contributed by atoms with Gasteiger partial charge in [-0.15, -0.1) is 0 Å². The van der Waals surface area contributed by atoms with E-state index < -0.39 is 0 Å². The highest BCUT2D eigenvalue weighted by atomic mass is 16.2. The van der Waals surface area contributed by atoms with Crippen molar-refractivity contribution in [3.05, 3.63) is 71.8 Å². The van der Waals surface area contributed by atoms with Crippen molar-refractivity contribution in [2.24, 2.45) is 0 Å². The predicted molar refractivity (Wildman–Crippen MR) is 101 cm³/mol. The molecule has 0 aromatic heterocycles. The van der Waals surface area contributed by atoms with Crippen molar-refractivity contribution in [3.63, 3.8) is 0 Å². The molecule has 2 aromatic rings. The molecule has 0 spiro atoms. The van der Waals surface area contributed by atoms with Gasteiger partial charge in [0.05, 0.1) is 0 Å². The molecule has 2 aliphatic heterocycles. The molecular weight excluding hydrogens is 308 g/mol. The van der Waals surface area contributed by atoms with Crippen LogP contribution in [0.3, 0.4) is 0 Å². The second-order valence-electron chi connectivity index (χ2n) is 7.25. The van der Waals surface area contributed by atoms with Crippen LogP contribution in [0.15, 0.2) is 60.7 Å². The van der Waals surface area contributed by atoms with Gasteiger partial charge in [-0.25, -0.2) is 0 Å². The smallest absolute Gasteiger partial charge is 0.253 e. The van der Waals surface area contributed by atoms with E-state index in [0.29, 0.717) is 0 Å². The number of benzene rings is 2. The minimum atomic E-state index is 0.102. The number of carbonyl (C=O) groups is 1. The largest absolute Gasteiger partial charge is 0.338 e. The summed E-state index contributed by atoms with van der Waals surface area (Å²) in [7, 11) is 0. The second kappa shape index (κ2) is 7.01. The van der Waals surface area contributed by atoms with E-state index in [0.717, 1.165) is 31.5 Å². The van der Waals surface area contributed by atoms with Gasteiger partial charge in [-0.05, 0) is 56.5 Å². The van der Waals surface area contributed by atoms with Gasteiger partial charge in [0.15, 0.2) is 0 Å². The number of piperidine rings is 1.